The maximum absolute atomic E-state index is 13.4. The van der Waals surface area contributed by atoms with Gasteiger partial charge in [-0.3, -0.25) is 14.5 Å². The number of hydrogen-bond donors (Lipinski definition) is 2. The fourth-order valence-electron chi connectivity index (χ4n) is 5.08. The molecule has 0 atom stereocenters. The Morgan fingerprint density at radius 3 is 2.56 bits per heavy atom. The van der Waals surface area contributed by atoms with Gasteiger partial charge in [0.15, 0.2) is 5.84 Å². The standard InChI is InChI=1S/C27H32N10O3.C2H6O/c1-18-2-3-19(26(28)32-33-31-20-13-34(14-20)17-38)10-24(18)30-27(39)23-12-29-37-5-4-21(11-25(23)37)35-6-8-36(9-7-35)22-15-40-16-22;1-3-2/h2-5,10-12,17,20,22H,6-9,13-16H2,1H3,(H,30,39)(H2,28,31,32);1-2H3. The van der Waals surface area contributed by atoms with Gasteiger partial charge in [-0.05, 0) is 35.9 Å². The molecule has 3 N–H and O–H groups in total. The van der Waals surface area contributed by atoms with Crippen LogP contribution in [-0.4, -0.2) is 116 Å². The van der Waals surface area contributed by atoms with E-state index in [1.165, 1.54) is 0 Å². The number of carbonyl (C=O) groups is 2. The molecule has 3 aromatic rings. The van der Waals surface area contributed by atoms with E-state index in [2.05, 4.69) is 40.4 Å². The highest BCUT2D eigenvalue weighted by Crippen LogP contribution is 2.24. The quantitative estimate of drug-likeness (QED) is 0.132. The van der Waals surface area contributed by atoms with E-state index in [0.29, 0.717) is 35.9 Å². The lowest BCUT2D eigenvalue weighted by Gasteiger charge is -2.43. The number of nitrogens with two attached hydrogens (primary N) is 1. The number of methoxy groups -OCH3 is 1. The lowest BCUT2D eigenvalue weighted by atomic mass is 10.1. The number of carbonyl (C=O) groups excluding carboxylic acids is 2. The van der Waals surface area contributed by atoms with E-state index in [-0.39, 0.29) is 17.8 Å². The van der Waals surface area contributed by atoms with Gasteiger partial charge in [0.25, 0.3) is 5.91 Å². The number of piperazine rings is 1. The monoisotopic (exact) mass is 590 g/mol. The summed E-state index contributed by atoms with van der Waals surface area (Å²) >= 11 is 0. The molecule has 2 aromatic heterocycles. The third kappa shape index (κ3) is 6.98. The van der Waals surface area contributed by atoms with Crippen LogP contribution < -0.4 is 16.0 Å². The zero-order chi connectivity index (χ0) is 30.3. The number of aryl methyl sites for hydroxylation is 1. The van der Waals surface area contributed by atoms with Crippen molar-refractivity contribution in [2.75, 3.05) is 76.9 Å². The number of amides is 2. The summed E-state index contributed by atoms with van der Waals surface area (Å²) in [5.41, 5.74) is 10.5. The third-order valence-electron chi connectivity index (χ3n) is 7.75. The predicted molar refractivity (Wildman–Crippen MR) is 163 cm³/mol. The first kappa shape index (κ1) is 30.1. The number of ether oxygens (including phenoxy) is 2. The Bertz CT molecular complexity index is 1490. The van der Waals surface area contributed by atoms with Crippen LogP contribution in [0.3, 0.4) is 0 Å². The number of fused-ring (bicyclic) bond motifs is 1. The minimum Gasteiger partial charge on any atom is -0.388 e. The van der Waals surface area contributed by atoms with Crippen LogP contribution in [0.2, 0.25) is 0 Å². The Labute approximate surface area is 250 Å². The average molecular weight is 591 g/mol. The molecule has 0 unspecified atom stereocenters. The van der Waals surface area contributed by atoms with Gasteiger partial charge in [-0.25, -0.2) is 4.52 Å². The van der Waals surface area contributed by atoms with Gasteiger partial charge in [0, 0.05) is 76.6 Å². The van der Waals surface area contributed by atoms with Gasteiger partial charge < -0.3 is 30.3 Å². The van der Waals surface area contributed by atoms with Crippen LogP contribution in [0.4, 0.5) is 11.4 Å². The van der Waals surface area contributed by atoms with Crippen LogP contribution in [0.25, 0.3) is 5.52 Å². The van der Waals surface area contributed by atoms with Crippen molar-refractivity contribution in [2.24, 2.45) is 21.2 Å². The van der Waals surface area contributed by atoms with Crippen molar-refractivity contribution in [3.63, 3.8) is 0 Å². The van der Waals surface area contributed by atoms with Gasteiger partial charge in [0.2, 0.25) is 6.41 Å². The Hall–Kier alpha value is -4.40. The minimum atomic E-state index is -0.262. The summed E-state index contributed by atoms with van der Waals surface area (Å²) in [4.78, 5) is 30.5. The summed E-state index contributed by atoms with van der Waals surface area (Å²) in [6.45, 7) is 8.46. The molecule has 14 heteroatoms. The second kappa shape index (κ2) is 13.7. The van der Waals surface area contributed by atoms with Gasteiger partial charge in [0.05, 0.1) is 36.5 Å². The molecular formula is C29H38N10O4. The van der Waals surface area contributed by atoms with Crippen molar-refractivity contribution in [1.82, 2.24) is 19.4 Å². The molecule has 228 valence electrons. The zero-order valence-corrected chi connectivity index (χ0v) is 24.7. The van der Waals surface area contributed by atoms with Gasteiger partial charge in [0.1, 0.15) is 6.04 Å². The molecule has 1 aromatic carbocycles. The molecule has 3 aliphatic heterocycles. The van der Waals surface area contributed by atoms with Crippen LogP contribution in [0.1, 0.15) is 21.5 Å². The van der Waals surface area contributed by atoms with E-state index in [0.717, 1.165) is 62.6 Å². The van der Waals surface area contributed by atoms with Crippen molar-refractivity contribution in [3.05, 3.63) is 59.4 Å². The predicted octanol–water partition coefficient (Wildman–Crippen LogP) is 1.59. The molecule has 2 amide bonds. The maximum atomic E-state index is 13.4. The number of nitrogens with zero attached hydrogens (tertiary/aromatic N) is 8. The fraction of sp³-hybridized carbons (Fsp3) is 0.448. The Kier molecular flexibility index (Phi) is 9.59. The van der Waals surface area contributed by atoms with E-state index in [4.69, 9.17) is 10.5 Å². The lowest BCUT2D eigenvalue weighted by Crippen LogP contribution is -2.56. The number of rotatable bonds is 8. The summed E-state index contributed by atoms with van der Waals surface area (Å²) in [6.07, 6.45) is 4.27. The molecule has 14 nitrogen and oxygen atoms in total. The molecule has 6 rings (SSSR count). The van der Waals surface area contributed by atoms with E-state index in [1.54, 1.807) is 35.9 Å². The van der Waals surface area contributed by atoms with Crippen molar-refractivity contribution in [2.45, 2.75) is 19.0 Å². The van der Waals surface area contributed by atoms with E-state index >= 15 is 0 Å². The molecule has 0 saturated carbocycles. The SMILES string of the molecule is COC.Cc1ccc(/C(N)=N/N=NC2CN(C=O)C2)cc1NC(=O)c1cnn2ccc(N3CCN(C4COC4)CC3)cc12. The highest BCUT2D eigenvalue weighted by Gasteiger charge is 2.29. The van der Waals surface area contributed by atoms with Gasteiger partial charge in [-0.15, -0.1) is 5.10 Å². The molecule has 3 aliphatic rings. The summed E-state index contributed by atoms with van der Waals surface area (Å²) < 4.78 is 11.3. The summed E-state index contributed by atoms with van der Waals surface area (Å²) in [7, 11) is 3.25. The van der Waals surface area contributed by atoms with Gasteiger partial charge >= 0.3 is 0 Å². The second-order valence-electron chi connectivity index (χ2n) is 10.8. The van der Waals surface area contributed by atoms with Gasteiger partial charge in [-0.1, -0.05) is 12.1 Å². The van der Waals surface area contributed by atoms with Crippen molar-refractivity contribution < 1.29 is 19.1 Å². The highest BCUT2D eigenvalue weighted by molar-refractivity contribution is 6.10. The smallest absolute Gasteiger partial charge is 0.259 e. The normalized spacial score (nSPS) is 18.3. The van der Waals surface area contributed by atoms with E-state index in [1.807, 2.05) is 37.4 Å². The van der Waals surface area contributed by atoms with Crippen LogP contribution in [0, 0.1) is 6.92 Å². The molecular weight excluding hydrogens is 552 g/mol. The second-order valence-corrected chi connectivity index (χ2v) is 10.8. The summed E-state index contributed by atoms with van der Waals surface area (Å²) in [5.74, 6) is -0.0847. The number of aromatic nitrogens is 2. The maximum Gasteiger partial charge on any atom is 0.259 e. The molecule has 3 fully saturated rings. The molecule has 5 heterocycles. The largest absolute Gasteiger partial charge is 0.388 e. The third-order valence-corrected chi connectivity index (χ3v) is 7.75. The molecule has 43 heavy (non-hydrogen) atoms. The van der Waals surface area contributed by atoms with E-state index < -0.39 is 0 Å². The van der Waals surface area contributed by atoms with Crippen molar-refractivity contribution in [1.29, 1.82) is 0 Å². The fourth-order valence-corrected chi connectivity index (χ4v) is 5.08. The minimum absolute atomic E-state index is 0.0620. The zero-order valence-electron chi connectivity index (χ0n) is 24.7. The topological polar surface area (TPSA) is 155 Å². The molecule has 3 saturated heterocycles. The van der Waals surface area contributed by atoms with Crippen LogP contribution in [0.5, 0.6) is 0 Å². The Morgan fingerprint density at radius 2 is 1.88 bits per heavy atom. The number of hydrogen-bond acceptors (Lipinski definition) is 9. The number of pyridine rings is 1. The summed E-state index contributed by atoms with van der Waals surface area (Å²) in [6, 6.07) is 10.00. The van der Waals surface area contributed by atoms with Crippen molar-refractivity contribution in [3.8, 4) is 0 Å². The number of benzene rings is 1. The first-order valence-electron chi connectivity index (χ1n) is 14.2. The molecule has 0 spiro atoms. The molecule has 0 radical (unpaired) electrons. The summed E-state index contributed by atoms with van der Waals surface area (Å²) in [5, 5.41) is 19.3. The lowest BCUT2D eigenvalue weighted by molar-refractivity contribution is -0.121. The van der Waals surface area contributed by atoms with E-state index in [9.17, 15) is 9.59 Å². The van der Waals surface area contributed by atoms with Crippen LogP contribution >= 0.6 is 0 Å². The first-order valence-corrected chi connectivity index (χ1v) is 14.2. The number of anilines is 2. The van der Waals surface area contributed by atoms with Crippen LogP contribution in [0.15, 0.2) is 58.2 Å². The molecule has 0 bridgehead atoms. The number of amidine groups is 1. The Balaban J connectivity index is 0.00000118. The number of nitrogens with one attached hydrogen (secondary N) is 1. The van der Waals surface area contributed by atoms with Crippen molar-refractivity contribution >= 4 is 35.0 Å². The Morgan fingerprint density at radius 1 is 1.14 bits per heavy atom. The number of likely N-dealkylation sites (tertiary alicyclic amines) is 1. The average Bonchev–Trinajstić information content (AvgIpc) is 3.39. The van der Waals surface area contributed by atoms with Gasteiger partial charge in [-0.2, -0.15) is 10.2 Å². The highest BCUT2D eigenvalue weighted by atomic mass is 16.5. The molecule has 0 aliphatic carbocycles. The first-order chi connectivity index (χ1) is 20.9. The van der Waals surface area contributed by atoms with Crippen LogP contribution in [-0.2, 0) is 14.3 Å².